The zero-order valence-corrected chi connectivity index (χ0v) is 38.6. The number of hydrogen-bond donors (Lipinski definition) is 3. The molecule has 3 aliphatic heterocycles. The fraction of sp³-hybridized carbons (Fsp3) is 0.426. The van der Waals surface area contributed by atoms with Crippen LogP contribution in [-0.4, -0.2) is 89.0 Å². The second kappa shape index (κ2) is 19.2. The van der Waals surface area contributed by atoms with E-state index < -0.39 is 15.8 Å². The average molecular weight is 924 g/mol. The molecule has 3 aliphatic rings. The van der Waals surface area contributed by atoms with E-state index in [4.69, 9.17) is 14.7 Å². The van der Waals surface area contributed by atoms with Gasteiger partial charge in [-0.1, -0.05) is 39.8 Å². The van der Waals surface area contributed by atoms with Gasteiger partial charge in [-0.05, 0) is 73.7 Å². The molecule has 8 rings (SSSR count). The van der Waals surface area contributed by atoms with Crippen LogP contribution in [0.4, 0.5) is 27.5 Å². The second-order valence-corrected chi connectivity index (χ2v) is 20.6. The number of hydrogen-bond acceptors (Lipinski definition) is 13. The third-order valence-electron chi connectivity index (χ3n) is 11.9. The number of rotatable bonds is 13. The van der Waals surface area contributed by atoms with Crippen LogP contribution in [0.15, 0.2) is 73.1 Å². The maximum Gasteiger partial charge on any atom is 0.234 e. The molecule has 3 saturated heterocycles. The lowest BCUT2D eigenvalue weighted by molar-refractivity contribution is -0.138. The van der Waals surface area contributed by atoms with E-state index in [1.54, 1.807) is 37.5 Å². The Kier molecular flexibility index (Phi) is 13.5. The van der Waals surface area contributed by atoms with Crippen molar-refractivity contribution in [3.63, 3.8) is 0 Å². The van der Waals surface area contributed by atoms with E-state index in [0.717, 1.165) is 16.4 Å². The fourth-order valence-corrected chi connectivity index (χ4v) is 10.7. The Morgan fingerprint density at radius 2 is 1.69 bits per heavy atom. The Morgan fingerprint density at radius 3 is 2.43 bits per heavy atom. The number of nitrogens with one attached hydrogen (secondary N) is 3. The lowest BCUT2D eigenvalue weighted by Crippen LogP contribution is -2.47. The summed E-state index contributed by atoms with van der Waals surface area (Å²) in [5, 5.41) is 6.48. The van der Waals surface area contributed by atoms with Gasteiger partial charge in [-0.25, -0.2) is 32.7 Å². The number of anilines is 4. The van der Waals surface area contributed by atoms with Crippen molar-refractivity contribution in [1.82, 2.24) is 30.2 Å². The van der Waals surface area contributed by atoms with E-state index in [1.165, 1.54) is 17.4 Å². The van der Waals surface area contributed by atoms with Gasteiger partial charge in [0.2, 0.25) is 33.7 Å². The monoisotopic (exact) mass is 923 g/mol. The summed E-state index contributed by atoms with van der Waals surface area (Å²) >= 11 is 1.40. The first-order valence-corrected chi connectivity index (χ1v) is 24.6. The number of sulfonamides is 1. The van der Waals surface area contributed by atoms with Gasteiger partial charge >= 0.3 is 0 Å². The number of amides is 3. The van der Waals surface area contributed by atoms with Crippen LogP contribution in [0.25, 0.3) is 21.8 Å². The van der Waals surface area contributed by atoms with Crippen molar-refractivity contribution in [2.24, 2.45) is 5.92 Å². The number of piperidine rings is 3. The van der Waals surface area contributed by atoms with Crippen LogP contribution in [0.2, 0.25) is 0 Å². The molecule has 3 amide bonds. The highest BCUT2D eigenvalue weighted by atomic mass is 32.2. The summed E-state index contributed by atoms with van der Waals surface area (Å²) in [5.74, 6) is 0.148. The number of carbonyl (C=O) groups is 3. The number of carbonyl (C=O) groups excluding carboxylic acids is 3. The number of aromatic nitrogens is 4. The van der Waals surface area contributed by atoms with Crippen LogP contribution in [0.3, 0.4) is 0 Å². The van der Waals surface area contributed by atoms with Crippen molar-refractivity contribution < 1.29 is 31.9 Å². The highest BCUT2D eigenvalue weighted by Crippen LogP contribution is 2.42. The number of halogens is 1. The summed E-state index contributed by atoms with van der Waals surface area (Å²) in [4.78, 5) is 61.2. The molecule has 65 heavy (non-hydrogen) atoms. The molecule has 0 aliphatic carbocycles. The summed E-state index contributed by atoms with van der Waals surface area (Å²) in [7, 11) is -3.73. The van der Waals surface area contributed by atoms with E-state index in [2.05, 4.69) is 30.2 Å². The van der Waals surface area contributed by atoms with Crippen LogP contribution < -0.4 is 25.0 Å². The number of benzene rings is 2. The van der Waals surface area contributed by atoms with Crippen LogP contribution in [0.5, 0.6) is 5.75 Å². The van der Waals surface area contributed by atoms with Gasteiger partial charge in [0, 0.05) is 86.5 Å². The Labute approximate surface area is 382 Å². The van der Waals surface area contributed by atoms with E-state index in [0.29, 0.717) is 105 Å². The zero-order chi connectivity index (χ0) is 45.9. The molecule has 2 aromatic carbocycles. The smallest absolute Gasteiger partial charge is 0.234 e. The average Bonchev–Trinajstić information content (AvgIpc) is 3.74. The van der Waals surface area contributed by atoms with Gasteiger partial charge in [0.05, 0.1) is 38.6 Å². The van der Waals surface area contributed by atoms with Gasteiger partial charge in [-0.15, -0.1) is 11.3 Å². The normalized spacial score (nSPS) is 17.8. The van der Waals surface area contributed by atoms with Crippen molar-refractivity contribution in [3.05, 3.63) is 89.4 Å². The molecule has 6 heterocycles. The van der Waals surface area contributed by atoms with Gasteiger partial charge in [0.1, 0.15) is 17.7 Å². The molecule has 0 spiro atoms. The minimum atomic E-state index is -3.73. The lowest BCUT2D eigenvalue weighted by atomic mass is 9.90. The van der Waals surface area contributed by atoms with E-state index in [1.807, 2.05) is 62.1 Å². The van der Waals surface area contributed by atoms with Crippen LogP contribution in [0, 0.1) is 11.7 Å². The molecule has 1 atom stereocenters. The minimum absolute atomic E-state index is 0.0685. The van der Waals surface area contributed by atoms with Crippen molar-refractivity contribution in [3.8, 4) is 27.6 Å². The molecule has 15 nitrogen and oxygen atoms in total. The van der Waals surface area contributed by atoms with Gasteiger partial charge in [-0.2, -0.15) is 0 Å². The number of likely N-dealkylation sites (tertiary alicyclic amines) is 1. The zero-order valence-electron chi connectivity index (χ0n) is 37.0. The summed E-state index contributed by atoms with van der Waals surface area (Å²) in [6, 6.07) is 17.6. The highest BCUT2D eigenvalue weighted by Gasteiger charge is 2.33. The third kappa shape index (κ3) is 10.8. The van der Waals surface area contributed by atoms with Crippen molar-refractivity contribution >= 4 is 62.2 Å². The van der Waals surface area contributed by atoms with Gasteiger partial charge in [0.25, 0.3) is 0 Å². The Bertz CT molecular complexity index is 2670. The molecule has 342 valence electrons. The molecular formula is C47H54FN9O6S2. The largest absolute Gasteiger partial charge is 0.490 e. The van der Waals surface area contributed by atoms with Crippen LogP contribution in [0.1, 0.15) is 89.1 Å². The number of imide groups is 1. The first-order chi connectivity index (χ1) is 31.1. The fourth-order valence-electron chi connectivity index (χ4n) is 8.44. The molecule has 3 aromatic heterocycles. The second-order valence-electron chi connectivity index (χ2n) is 17.8. The first-order valence-electron chi connectivity index (χ1n) is 22.2. The molecule has 3 N–H and O–H groups in total. The molecule has 3 fully saturated rings. The van der Waals surface area contributed by atoms with Crippen molar-refractivity contribution in [2.75, 3.05) is 46.9 Å². The molecule has 0 radical (unpaired) electrons. The standard InChI is InChI=1S/C47H54FN9O6S2/c1-5-26-65(61,62)55-36-11-7-10-35(40(36)48)41-42(64-45(54-41)47(2,3)4)37-15-21-50-46(52-37)51-31-8-6-9-33(28-31)63-32-18-24-57(25-19-32)44(60)29-16-22-56(23-17-29)38-27-30(14-20-49-38)34-12-13-39(58)53-43(34)59/h6-11,14-15,20-21,27-29,32,34,55H,5,12-13,16-19,22-26H2,1-4H3,(H,50,51,52)(H,53,58,59)/t34-/m0/s1. The maximum atomic E-state index is 16.1. The third-order valence-corrected chi connectivity index (χ3v) is 14.9. The molecule has 0 unspecified atom stereocenters. The number of pyridine rings is 1. The topological polar surface area (TPSA) is 189 Å². The first kappa shape index (κ1) is 45.6. The maximum absolute atomic E-state index is 16.1. The number of nitrogens with zero attached hydrogens (tertiary/aromatic N) is 6. The van der Waals surface area contributed by atoms with E-state index >= 15 is 4.39 Å². The summed E-state index contributed by atoms with van der Waals surface area (Å²) < 4.78 is 50.0. The lowest BCUT2D eigenvalue weighted by Gasteiger charge is -2.37. The number of ether oxygens (including phenoxy) is 1. The predicted molar refractivity (Wildman–Crippen MR) is 249 cm³/mol. The molecular weight excluding hydrogens is 870 g/mol. The van der Waals surface area contributed by atoms with Crippen LogP contribution >= 0.6 is 11.3 Å². The predicted octanol–water partition coefficient (Wildman–Crippen LogP) is 7.80. The Morgan fingerprint density at radius 1 is 0.938 bits per heavy atom. The SMILES string of the molecule is CCCS(=O)(=O)Nc1cccc(-c2nc(C(C)(C)C)sc2-c2ccnc(Nc3cccc(OC4CCN(C(=O)C5CCN(c6cc([C@@H]7CCC(=O)NC7=O)ccn6)CC5)CC4)c3)n2)c1F. The van der Waals surface area contributed by atoms with E-state index in [9.17, 15) is 22.8 Å². The molecule has 0 bridgehead atoms. The van der Waals surface area contributed by atoms with Gasteiger partial charge < -0.3 is 19.9 Å². The van der Waals surface area contributed by atoms with Crippen LogP contribution in [-0.2, 0) is 29.8 Å². The van der Waals surface area contributed by atoms with Gasteiger partial charge in [0.15, 0.2) is 5.82 Å². The summed E-state index contributed by atoms with van der Waals surface area (Å²) in [6.45, 7) is 10.4. The highest BCUT2D eigenvalue weighted by molar-refractivity contribution is 7.92. The van der Waals surface area contributed by atoms with Gasteiger partial charge in [-0.3, -0.25) is 24.4 Å². The molecule has 5 aromatic rings. The summed E-state index contributed by atoms with van der Waals surface area (Å²) in [6.07, 6.45) is 7.29. The molecule has 18 heteroatoms. The minimum Gasteiger partial charge on any atom is -0.490 e. The van der Waals surface area contributed by atoms with E-state index in [-0.39, 0.29) is 58.1 Å². The number of thiazole rings is 1. The Hall–Kier alpha value is -6.01. The Balaban J connectivity index is 0.873. The molecule has 0 saturated carbocycles. The van der Waals surface area contributed by atoms with Crippen molar-refractivity contribution in [1.29, 1.82) is 0 Å². The summed E-state index contributed by atoms with van der Waals surface area (Å²) in [5.41, 5.74) is 2.09. The van der Waals surface area contributed by atoms with Crippen molar-refractivity contribution in [2.45, 2.75) is 90.1 Å². The quantitative estimate of drug-likeness (QED) is 0.0974.